The summed E-state index contributed by atoms with van der Waals surface area (Å²) in [5.74, 6) is -1.23. The molecule has 0 unspecified atom stereocenters. The second-order valence-corrected chi connectivity index (χ2v) is 6.49. The molecule has 0 spiro atoms. The van der Waals surface area contributed by atoms with E-state index in [1.807, 2.05) is 0 Å². The minimum Gasteiger partial charge on any atom is -0.480 e. The van der Waals surface area contributed by atoms with Crippen molar-refractivity contribution in [3.63, 3.8) is 0 Å². The first-order valence-corrected chi connectivity index (χ1v) is 9.55. The number of amides is 1. The molecule has 0 fully saturated rings. The maximum Gasteiger partial charge on any atom is 0.326 e. The molecule has 7 nitrogen and oxygen atoms in total. The van der Waals surface area contributed by atoms with Gasteiger partial charge in [-0.2, -0.15) is 0 Å². The fraction of sp³-hybridized carbons (Fsp3) is 0.833. The second-order valence-electron chi connectivity index (χ2n) is 6.49. The van der Waals surface area contributed by atoms with Gasteiger partial charge in [-0.3, -0.25) is 9.79 Å². The lowest BCUT2D eigenvalue weighted by molar-refractivity contribution is -0.142. The molecule has 0 aliphatic rings. The van der Waals surface area contributed by atoms with Gasteiger partial charge >= 0.3 is 5.97 Å². The number of hydrogen-bond acceptors (Lipinski definition) is 3. The van der Waals surface area contributed by atoms with E-state index >= 15 is 0 Å². The molecular formula is C18H36N4O3. The van der Waals surface area contributed by atoms with E-state index in [4.69, 9.17) is 16.6 Å². The summed E-state index contributed by atoms with van der Waals surface area (Å²) >= 11 is 0. The molecule has 1 atom stereocenters. The Labute approximate surface area is 151 Å². The molecule has 0 radical (unpaired) electrons. The van der Waals surface area contributed by atoms with Crippen LogP contribution in [0.4, 0.5) is 0 Å². The predicted molar refractivity (Wildman–Crippen MR) is 101 cm³/mol. The Balaban J connectivity index is 3.75. The lowest BCUT2D eigenvalue weighted by Crippen LogP contribution is -2.40. The number of unbranched alkanes of at least 4 members (excludes halogenated alkanes) is 8. The number of aliphatic imine (C=N–C) groups is 1. The number of nitrogens with one attached hydrogen (secondary N) is 1. The topological polar surface area (TPSA) is 131 Å². The number of hydrogen-bond donors (Lipinski definition) is 4. The molecule has 1 amide bonds. The zero-order valence-corrected chi connectivity index (χ0v) is 15.6. The third-order valence-electron chi connectivity index (χ3n) is 4.09. The van der Waals surface area contributed by atoms with Crippen molar-refractivity contribution in [3.05, 3.63) is 0 Å². The molecule has 0 bridgehead atoms. The molecule has 0 aromatic carbocycles. The molecule has 0 aromatic heterocycles. The van der Waals surface area contributed by atoms with Crippen molar-refractivity contribution in [2.75, 3.05) is 6.54 Å². The molecule has 146 valence electrons. The number of nitrogens with two attached hydrogens (primary N) is 2. The molecular weight excluding hydrogens is 320 g/mol. The quantitative estimate of drug-likeness (QED) is 0.192. The third kappa shape index (κ3) is 15.5. The zero-order valence-electron chi connectivity index (χ0n) is 15.6. The van der Waals surface area contributed by atoms with Crippen LogP contribution in [0.1, 0.15) is 84.0 Å². The highest BCUT2D eigenvalue weighted by Crippen LogP contribution is 2.10. The Hall–Kier alpha value is -1.79. The summed E-state index contributed by atoms with van der Waals surface area (Å²) < 4.78 is 0. The van der Waals surface area contributed by atoms with Crippen LogP contribution in [0.5, 0.6) is 0 Å². The SMILES string of the molecule is CCCCCCCCCCCC(=O)N[C@@H](CCCN=C(N)N)C(=O)O. The van der Waals surface area contributed by atoms with Crippen LogP contribution in [-0.4, -0.2) is 35.5 Å². The van der Waals surface area contributed by atoms with E-state index in [1.54, 1.807) is 0 Å². The van der Waals surface area contributed by atoms with Gasteiger partial charge in [0.25, 0.3) is 0 Å². The lowest BCUT2D eigenvalue weighted by Gasteiger charge is -2.14. The normalized spacial score (nSPS) is 11.7. The van der Waals surface area contributed by atoms with Gasteiger partial charge in [-0.1, -0.05) is 58.3 Å². The number of rotatable bonds is 16. The molecule has 7 heteroatoms. The maximum absolute atomic E-state index is 11.9. The van der Waals surface area contributed by atoms with Crippen LogP contribution in [0, 0.1) is 0 Å². The first kappa shape index (κ1) is 23.2. The van der Waals surface area contributed by atoms with E-state index in [1.165, 1.54) is 38.5 Å². The Morgan fingerprint density at radius 3 is 2.04 bits per heavy atom. The van der Waals surface area contributed by atoms with Gasteiger partial charge in [-0.25, -0.2) is 4.79 Å². The average molecular weight is 357 g/mol. The Morgan fingerprint density at radius 2 is 1.52 bits per heavy atom. The van der Waals surface area contributed by atoms with E-state index in [9.17, 15) is 9.59 Å². The van der Waals surface area contributed by atoms with Gasteiger partial charge < -0.3 is 21.9 Å². The maximum atomic E-state index is 11.9. The largest absolute Gasteiger partial charge is 0.480 e. The number of carboxylic acid groups (broad SMARTS) is 1. The minimum absolute atomic E-state index is 0.0127. The summed E-state index contributed by atoms with van der Waals surface area (Å²) in [4.78, 5) is 26.9. The summed E-state index contributed by atoms with van der Waals surface area (Å²) in [5.41, 5.74) is 10.4. The summed E-state index contributed by atoms with van der Waals surface area (Å²) in [5, 5.41) is 11.7. The van der Waals surface area contributed by atoms with Crippen molar-refractivity contribution in [1.82, 2.24) is 5.32 Å². The van der Waals surface area contributed by atoms with Gasteiger partial charge in [-0.15, -0.1) is 0 Å². The highest BCUT2D eigenvalue weighted by molar-refractivity contribution is 5.83. The molecule has 0 rings (SSSR count). The smallest absolute Gasteiger partial charge is 0.326 e. The Kier molecular flexibility index (Phi) is 14.6. The molecule has 25 heavy (non-hydrogen) atoms. The fourth-order valence-corrected chi connectivity index (χ4v) is 2.62. The Bertz CT molecular complexity index is 396. The highest BCUT2D eigenvalue weighted by atomic mass is 16.4. The third-order valence-corrected chi connectivity index (χ3v) is 4.09. The van der Waals surface area contributed by atoms with E-state index in [0.29, 0.717) is 25.8 Å². The monoisotopic (exact) mass is 356 g/mol. The predicted octanol–water partition coefficient (Wildman–Crippen LogP) is 2.53. The van der Waals surface area contributed by atoms with Crippen LogP contribution in [-0.2, 0) is 9.59 Å². The molecule has 6 N–H and O–H groups in total. The number of nitrogens with zero attached hydrogens (tertiary/aromatic N) is 1. The zero-order chi connectivity index (χ0) is 18.9. The molecule has 0 saturated heterocycles. The summed E-state index contributed by atoms with van der Waals surface area (Å²) in [6.45, 7) is 2.57. The fourth-order valence-electron chi connectivity index (χ4n) is 2.62. The van der Waals surface area contributed by atoms with Crippen LogP contribution in [0.3, 0.4) is 0 Å². The standard InChI is InChI=1S/C18H36N4O3/c1-2-3-4-5-6-7-8-9-10-13-16(23)22-15(17(24)25)12-11-14-21-18(19)20/h15H,2-14H2,1H3,(H,22,23)(H,24,25)(H4,19,20,21)/t15-/m0/s1. The van der Waals surface area contributed by atoms with Gasteiger partial charge in [0.1, 0.15) is 6.04 Å². The van der Waals surface area contributed by atoms with Crippen molar-refractivity contribution in [2.45, 2.75) is 90.0 Å². The van der Waals surface area contributed by atoms with Gasteiger partial charge in [0.2, 0.25) is 5.91 Å². The average Bonchev–Trinajstić information content (AvgIpc) is 2.55. The van der Waals surface area contributed by atoms with Crippen LogP contribution in [0.25, 0.3) is 0 Å². The second kappa shape index (κ2) is 15.7. The molecule has 0 aromatic rings. The minimum atomic E-state index is -1.02. The van der Waals surface area contributed by atoms with Crippen molar-refractivity contribution in [2.24, 2.45) is 16.5 Å². The van der Waals surface area contributed by atoms with Crippen molar-refractivity contribution >= 4 is 17.8 Å². The number of carboxylic acids is 1. The number of aliphatic carboxylic acids is 1. The van der Waals surface area contributed by atoms with Gasteiger partial charge in [0, 0.05) is 13.0 Å². The van der Waals surface area contributed by atoms with Crippen LogP contribution < -0.4 is 16.8 Å². The van der Waals surface area contributed by atoms with E-state index in [2.05, 4.69) is 17.2 Å². The van der Waals surface area contributed by atoms with Crippen LogP contribution in [0.2, 0.25) is 0 Å². The van der Waals surface area contributed by atoms with Crippen LogP contribution in [0.15, 0.2) is 4.99 Å². The summed E-state index contributed by atoms with van der Waals surface area (Å²) in [6.07, 6.45) is 11.9. The number of carbonyl (C=O) groups is 2. The lowest BCUT2D eigenvalue weighted by atomic mass is 10.1. The first-order valence-electron chi connectivity index (χ1n) is 9.55. The van der Waals surface area contributed by atoms with Gasteiger partial charge in [0.15, 0.2) is 5.96 Å². The van der Waals surface area contributed by atoms with Crippen molar-refractivity contribution in [3.8, 4) is 0 Å². The number of carbonyl (C=O) groups excluding carboxylic acids is 1. The molecule has 0 heterocycles. The molecule has 0 aliphatic heterocycles. The summed E-state index contributed by atoms with van der Waals surface area (Å²) in [6, 6.07) is -0.875. The highest BCUT2D eigenvalue weighted by Gasteiger charge is 2.18. The van der Waals surface area contributed by atoms with Gasteiger partial charge in [-0.05, 0) is 19.3 Å². The van der Waals surface area contributed by atoms with E-state index in [0.717, 1.165) is 19.3 Å². The first-order chi connectivity index (χ1) is 12.0. The van der Waals surface area contributed by atoms with E-state index in [-0.39, 0.29) is 11.9 Å². The summed E-state index contributed by atoms with van der Waals surface area (Å²) in [7, 11) is 0. The van der Waals surface area contributed by atoms with Crippen molar-refractivity contribution < 1.29 is 14.7 Å². The van der Waals surface area contributed by atoms with Crippen LogP contribution >= 0.6 is 0 Å². The molecule has 0 aliphatic carbocycles. The number of guanidine groups is 1. The van der Waals surface area contributed by atoms with Gasteiger partial charge in [0.05, 0.1) is 0 Å². The molecule has 0 saturated carbocycles. The van der Waals surface area contributed by atoms with E-state index < -0.39 is 12.0 Å². The van der Waals surface area contributed by atoms with Crippen molar-refractivity contribution in [1.29, 1.82) is 0 Å². The Morgan fingerprint density at radius 1 is 0.960 bits per heavy atom.